The van der Waals surface area contributed by atoms with Gasteiger partial charge in [-0.3, -0.25) is 57.5 Å². The molecule has 648 valence electrons. The molecule has 0 aliphatic heterocycles. The molecular weight excluding hydrogens is 1710 g/mol. The molecule has 0 radical (unpaired) electrons. The van der Waals surface area contributed by atoms with Crippen molar-refractivity contribution in [3.8, 4) is 89.0 Å². The topological polar surface area (TPSA) is 172 Å². The molecule has 0 fully saturated rings. The lowest BCUT2D eigenvalue weighted by atomic mass is 9.94. The predicted molar refractivity (Wildman–Crippen MR) is 559 cm³/mol. The summed E-state index contributed by atoms with van der Waals surface area (Å²) in [7, 11) is 0. The van der Waals surface area contributed by atoms with Crippen molar-refractivity contribution in [2.24, 2.45) is 0 Å². The summed E-state index contributed by atoms with van der Waals surface area (Å²) in [4.78, 5) is 55.8. The monoisotopic (exact) mass is 1780 g/mol. The fourth-order valence-corrected chi connectivity index (χ4v) is 26.0. The Hall–Kier alpha value is -18.3. The van der Waals surface area contributed by atoms with Gasteiger partial charge in [0.15, 0.2) is 0 Å². The maximum atomic E-state index is 5.08. The van der Waals surface area contributed by atoms with Gasteiger partial charge in [-0.2, -0.15) is 0 Å². The fourth-order valence-electron chi connectivity index (χ4n) is 26.0. The Balaban J connectivity index is 0.0000000829. The quantitative estimate of drug-likeness (QED) is 0.132. The number of nitrogens with zero attached hydrogens (tertiary/aromatic N) is 16. The third kappa shape index (κ3) is 10.3. The Morgan fingerprint density at radius 2 is 0.414 bits per heavy atom. The van der Waals surface area contributed by atoms with Crippen LogP contribution < -0.4 is 0 Å². The van der Waals surface area contributed by atoms with E-state index in [1.165, 1.54) is 205 Å². The van der Waals surface area contributed by atoms with Crippen LogP contribution in [-0.2, 0) is 51.4 Å². The number of imidazole rings is 4. The molecule has 0 bridgehead atoms. The average molecular weight is 1790 g/mol. The molecule has 0 spiro atoms. The van der Waals surface area contributed by atoms with Gasteiger partial charge in [0, 0.05) is 117 Å². The van der Waals surface area contributed by atoms with Gasteiger partial charge in [-0.15, -0.1) is 0 Å². The zero-order valence-electron chi connectivity index (χ0n) is 75.1. The highest BCUT2D eigenvalue weighted by molar-refractivity contribution is 6.20. The van der Waals surface area contributed by atoms with Gasteiger partial charge in [0.2, 0.25) is 0 Å². The minimum atomic E-state index is 0.959. The second-order valence-corrected chi connectivity index (χ2v) is 38.9. The van der Waals surface area contributed by atoms with E-state index in [9.17, 15) is 0 Å². The van der Waals surface area contributed by atoms with E-state index in [-0.39, 0.29) is 0 Å². The predicted octanol–water partition coefficient (Wildman–Crippen LogP) is 26.9. The van der Waals surface area contributed by atoms with Crippen LogP contribution in [0.5, 0.6) is 0 Å². The number of hydrogen-bond donors (Lipinski definition) is 0. The summed E-state index contributed by atoms with van der Waals surface area (Å²) in [6, 6.07) is 89.6. The summed E-state index contributed by atoms with van der Waals surface area (Å²) in [5, 5.41) is 14.1. The van der Waals surface area contributed by atoms with E-state index in [2.05, 4.69) is 276 Å². The van der Waals surface area contributed by atoms with Gasteiger partial charge >= 0.3 is 0 Å². The maximum Gasteiger partial charge on any atom is 0.146 e. The molecule has 16 aromatic heterocycles. The minimum absolute atomic E-state index is 0.959. The highest BCUT2D eigenvalue weighted by Gasteiger charge is 2.36. The lowest BCUT2D eigenvalue weighted by molar-refractivity contribution is 1.16. The first-order valence-corrected chi connectivity index (χ1v) is 48.1. The van der Waals surface area contributed by atoms with Crippen LogP contribution >= 0.6 is 0 Å². The van der Waals surface area contributed by atoms with E-state index in [4.69, 9.17) is 19.9 Å². The first-order valence-electron chi connectivity index (χ1n) is 48.1. The molecule has 28 aromatic rings. The summed E-state index contributed by atoms with van der Waals surface area (Å²) in [5.41, 5.74) is 61.4. The molecule has 0 saturated carbocycles. The second kappa shape index (κ2) is 27.7. The zero-order chi connectivity index (χ0) is 90.7. The van der Waals surface area contributed by atoms with Crippen molar-refractivity contribution in [2.45, 2.75) is 51.4 Å². The molecule has 8 aliphatic rings. The van der Waals surface area contributed by atoms with Crippen LogP contribution in [-0.4, -0.2) is 77.4 Å². The maximum absolute atomic E-state index is 5.08. The van der Waals surface area contributed by atoms with Crippen molar-refractivity contribution in [3.05, 3.63) is 431 Å². The molecule has 16 nitrogen and oxygen atoms in total. The summed E-state index contributed by atoms with van der Waals surface area (Å²) in [6.07, 6.45) is 38.2. The highest BCUT2D eigenvalue weighted by atomic mass is 15.1. The van der Waals surface area contributed by atoms with Crippen LogP contribution in [0.3, 0.4) is 0 Å². The molecule has 16 heterocycles. The number of rotatable bonds is 0. The van der Waals surface area contributed by atoms with E-state index in [1.54, 1.807) is 0 Å². The van der Waals surface area contributed by atoms with E-state index in [0.717, 1.165) is 178 Å². The highest BCUT2D eigenvalue weighted by Crippen LogP contribution is 2.55. The fraction of sp³-hybridized carbons (Fsp3) is 0.0645. The van der Waals surface area contributed by atoms with Crippen LogP contribution in [0.2, 0.25) is 0 Å². The second-order valence-electron chi connectivity index (χ2n) is 38.9. The van der Waals surface area contributed by atoms with Crippen LogP contribution in [0.25, 0.3) is 242 Å². The molecule has 0 amide bonds. The van der Waals surface area contributed by atoms with Crippen molar-refractivity contribution < 1.29 is 0 Å². The SMILES string of the molecule is c1ccc2c(c1)Cc1c-2ccc2c1-c1cc3c(cc1C2)c1cnccc1n1c2cnccc2nc31.c1ccc2c(c1)Cc1c-2ccc2c1Cc1cc3c4cnccc4n4c5cnccc5nc4c3cc1-2.c1ccc2c(c1)Cc1cc3c(cc1-2)Cc1cc2c4cnccc4n4c5cnccc5nc4c2cc1-3.c1ccc2c(c1)Cc1ccc3c(c1-2)Cc1cc2c4cnccc4n4c5cnccc5nc4c2cc1-3. The minimum Gasteiger partial charge on any atom is -0.290 e. The standard InChI is InChI=1S/4C31H18N4/c1-2-4-21-17(3-1)9-18-12-23-19(11-22(18)21)10-20-13-25-26(14-24(20)23)31-34-28-5-7-33-16-30(28)35(31)29-6-8-32-15-27(25)29;1-2-4-20-17(3-1)12-24-21(20)6-5-18-11-19-13-23-25(14-22(19)30(18)24)31-34-27-7-9-33-16-29(27)35(31)28-8-10-32-15-26(23)28;1-2-4-19-17(3-1)11-23-20(19)5-6-21-22-14-26-25(13-18(22)12-24(21)23)27-15-32-10-8-29(27)35-30-16-33-9-7-28(30)34-31(26)35;1-2-4-20-17(3-1)11-18-5-6-21-22-14-25-23(12-19(22)13-24(21)30(18)20)26-15-32-10-8-28(26)35-29-16-33-9-7-27(29)34-31(25)35/h1-8,11-16H,9-10H2;2*1-10,13-16H,11-12H2;1-10,12,14-16H,11,13H2. The van der Waals surface area contributed by atoms with Crippen LogP contribution in [0.4, 0.5) is 0 Å². The molecular formula is C124H72N16. The van der Waals surface area contributed by atoms with Crippen molar-refractivity contribution in [1.29, 1.82) is 0 Å². The lowest BCUT2D eigenvalue weighted by Gasteiger charge is -2.12. The number of benzene rings is 12. The van der Waals surface area contributed by atoms with E-state index < -0.39 is 0 Å². The summed E-state index contributed by atoms with van der Waals surface area (Å²) in [6.45, 7) is 0. The van der Waals surface area contributed by atoms with E-state index >= 15 is 0 Å². The van der Waals surface area contributed by atoms with Gasteiger partial charge < -0.3 is 0 Å². The van der Waals surface area contributed by atoms with Gasteiger partial charge in [0.25, 0.3) is 0 Å². The summed E-state index contributed by atoms with van der Waals surface area (Å²) in [5.74, 6) is 0. The Morgan fingerprint density at radius 3 is 0.850 bits per heavy atom. The molecule has 0 unspecified atom stereocenters. The molecule has 12 aromatic carbocycles. The Kier molecular flexibility index (Phi) is 14.9. The Labute approximate surface area is 796 Å². The third-order valence-corrected chi connectivity index (χ3v) is 32.0. The van der Waals surface area contributed by atoms with Crippen LogP contribution in [0.15, 0.2) is 342 Å². The number of aromatic nitrogens is 16. The Bertz CT molecular complexity index is 10600. The van der Waals surface area contributed by atoms with Gasteiger partial charge in [-0.05, 0) is 360 Å². The molecule has 8 aliphatic carbocycles. The first-order chi connectivity index (χ1) is 69.4. The van der Waals surface area contributed by atoms with Crippen LogP contribution in [0.1, 0.15) is 89.0 Å². The van der Waals surface area contributed by atoms with Crippen molar-refractivity contribution in [2.75, 3.05) is 0 Å². The van der Waals surface area contributed by atoms with Gasteiger partial charge in [-0.1, -0.05) is 133 Å². The smallest absolute Gasteiger partial charge is 0.146 e. The first kappa shape index (κ1) is 75.1. The van der Waals surface area contributed by atoms with Crippen molar-refractivity contribution in [1.82, 2.24) is 77.4 Å². The normalized spacial score (nSPS) is 13.5. The molecule has 36 rings (SSSR count). The number of pyridine rings is 12. The summed E-state index contributed by atoms with van der Waals surface area (Å²) < 4.78 is 8.96. The third-order valence-electron chi connectivity index (χ3n) is 32.0. The van der Waals surface area contributed by atoms with E-state index in [0.29, 0.717) is 0 Å². The molecule has 16 heteroatoms. The molecule has 140 heavy (non-hydrogen) atoms. The number of fused-ring (bicyclic) bond motifs is 59. The molecule has 0 N–H and O–H groups in total. The zero-order valence-corrected chi connectivity index (χ0v) is 75.1. The average Bonchev–Trinajstić information content (AvgIpc) is 1.55. The Morgan fingerprint density at radius 1 is 0.157 bits per heavy atom. The lowest BCUT2D eigenvalue weighted by Crippen LogP contribution is -1.94. The number of hydrogen-bond acceptors (Lipinski definition) is 12. The van der Waals surface area contributed by atoms with Gasteiger partial charge in [0.1, 0.15) is 22.6 Å². The van der Waals surface area contributed by atoms with Crippen molar-refractivity contribution >= 4 is 153 Å². The van der Waals surface area contributed by atoms with Crippen molar-refractivity contribution in [3.63, 3.8) is 0 Å². The van der Waals surface area contributed by atoms with Crippen LogP contribution in [0, 0.1) is 0 Å². The van der Waals surface area contributed by atoms with E-state index in [1.807, 2.05) is 123 Å². The van der Waals surface area contributed by atoms with Gasteiger partial charge in [0.05, 0.1) is 91.0 Å². The largest absolute Gasteiger partial charge is 0.290 e. The van der Waals surface area contributed by atoms with Gasteiger partial charge in [-0.25, -0.2) is 19.9 Å². The summed E-state index contributed by atoms with van der Waals surface area (Å²) >= 11 is 0. The molecule has 0 atom stereocenters. The molecule has 0 saturated heterocycles.